The Morgan fingerprint density at radius 1 is 0.920 bits per heavy atom. The number of para-hydroxylation sites is 2. The Hall–Kier alpha value is -2.69. The third kappa shape index (κ3) is 2.80. The molecule has 3 aromatic rings. The number of anilines is 1. The van der Waals surface area contributed by atoms with Gasteiger partial charge in [0.2, 0.25) is 0 Å². The third-order valence-corrected chi connectivity index (χ3v) is 5.16. The molecule has 5 nitrogen and oxygen atoms in total. The molecule has 1 aromatic heterocycles. The number of nitrogens with zero attached hydrogens (tertiary/aromatic N) is 4. The van der Waals surface area contributed by atoms with Crippen LogP contribution in [0.3, 0.4) is 0 Å². The summed E-state index contributed by atoms with van der Waals surface area (Å²) in [4.78, 5) is 0. The van der Waals surface area contributed by atoms with Crippen molar-refractivity contribution in [3.63, 3.8) is 0 Å². The topological polar surface area (TPSA) is 55.6 Å². The Kier molecular flexibility index (Phi) is 3.99. The summed E-state index contributed by atoms with van der Waals surface area (Å²) < 4.78 is 1.94. The van der Waals surface area contributed by atoms with Gasteiger partial charge in [-0.1, -0.05) is 49.2 Å². The SMILES string of the molecule is Cc1cccc(C)c1-n1nnnc1C1(Nc2ccccc2)CCCC1. The summed E-state index contributed by atoms with van der Waals surface area (Å²) in [7, 11) is 0. The maximum atomic E-state index is 4.46. The van der Waals surface area contributed by atoms with Crippen molar-refractivity contribution in [1.29, 1.82) is 0 Å². The number of aromatic nitrogens is 4. The number of hydrogen-bond acceptors (Lipinski definition) is 4. The number of aryl methyl sites for hydroxylation is 2. The molecule has 0 spiro atoms. The fourth-order valence-electron chi connectivity index (χ4n) is 3.96. The molecule has 0 atom stereocenters. The van der Waals surface area contributed by atoms with Gasteiger partial charge in [0.25, 0.3) is 0 Å². The normalized spacial score (nSPS) is 16.1. The van der Waals surface area contributed by atoms with Gasteiger partial charge in [-0.3, -0.25) is 0 Å². The first-order chi connectivity index (χ1) is 12.2. The zero-order chi connectivity index (χ0) is 17.3. The molecular formula is C20H23N5. The molecule has 128 valence electrons. The first kappa shape index (κ1) is 15.8. The number of nitrogens with one attached hydrogen (secondary N) is 1. The minimum absolute atomic E-state index is 0.223. The number of tetrazole rings is 1. The van der Waals surface area contributed by atoms with Gasteiger partial charge in [-0.2, -0.15) is 4.68 Å². The van der Waals surface area contributed by atoms with E-state index in [0.717, 1.165) is 30.0 Å². The van der Waals surface area contributed by atoms with Crippen LogP contribution in [-0.4, -0.2) is 20.2 Å². The number of benzene rings is 2. The molecule has 1 aliphatic carbocycles. The monoisotopic (exact) mass is 333 g/mol. The van der Waals surface area contributed by atoms with E-state index in [4.69, 9.17) is 0 Å². The highest BCUT2D eigenvalue weighted by Crippen LogP contribution is 2.41. The summed E-state index contributed by atoms with van der Waals surface area (Å²) in [6.45, 7) is 4.22. The molecule has 0 bridgehead atoms. The fourth-order valence-corrected chi connectivity index (χ4v) is 3.96. The van der Waals surface area contributed by atoms with Crippen LogP contribution in [0.1, 0.15) is 42.6 Å². The van der Waals surface area contributed by atoms with Crippen LogP contribution in [0.25, 0.3) is 5.69 Å². The van der Waals surface area contributed by atoms with E-state index in [1.54, 1.807) is 0 Å². The van der Waals surface area contributed by atoms with E-state index in [2.05, 4.69) is 77.2 Å². The zero-order valence-electron chi connectivity index (χ0n) is 14.7. The maximum absolute atomic E-state index is 4.46. The molecule has 1 aliphatic rings. The summed E-state index contributed by atoms with van der Waals surface area (Å²) >= 11 is 0. The Morgan fingerprint density at radius 3 is 2.28 bits per heavy atom. The Morgan fingerprint density at radius 2 is 1.60 bits per heavy atom. The highest BCUT2D eigenvalue weighted by Gasteiger charge is 2.41. The molecule has 1 heterocycles. The van der Waals surface area contributed by atoms with Crippen LogP contribution in [0.4, 0.5) is 5.69 Å². The largest absolute Gasteiger partial charge is 0.373 e. The van der Waals surface area contributed by atoms with E-state index in [9.17, 15) is 0 Å². The molecule has 0 unspecified atom stereocenters. The molecule has 25 heavy (non-hydrogen) atoms. The summed E-state index contributed by atoms with van der Waals surface area (Å²) in [6, 6.07) is 16.7. The van der Waals surface area contributed by atoms with Crippen LogP contribution < -0.4 is 5.32 Å². The second-order valence-electron chi connectivity index (χ2n) is 6.93. The lowest BCUT2D eigenvalue weighted by atomic mass is 9.95. The van der Waals surface area contributed by atoms with Crippen LogP contribution in [-0.2, 0) is 5.54 Å². The fraction of sp³-hybridized carbons (Fsp3) is 0.350. The van der Waals surface area contributed by atoms with Crippen molar-refractivity contribution in [3.05, 3.63) is 65.5 Å². The smallest absolute Gasteiger partial charge is 0.181 e. The van der Waals surface area contributed by atoms with E-state index in [1.807, 2.05) is 10.7 Å². The molecule has 1 N–H and O–H groups in total. The van der Waals surface area contributed by atoms with Crippen molar-refractivity contribution in [3.8, 4) is 5.69 Å². The highest BCUT2D eigenvalue weighted by molar-refractivity contribution is 5.50. The molecule has 0 saturated heterocycles. The van der Waals surface area contributed by atoms with Crippen molar-refractivity contribution in [2.45, 2.75) is 45.1 Å². The van der Waals surface area contributed by atoms with Crippen LogP contribution in [0.5, 0.6) is 0 Å². The van der Waals surface area contributed by atoms with Gasteiger partial charge in [0.15, 0.2) is 5.82 Å². The maximum Gasteiger partial charge on any atom is 0.181 e. The summed E-state index contributed by atoms with van der Waals surface area (Å²) in [6.07, 6.45) is 4.43. The van der Waals surface area contributed by atoms with Gasteiger partial charge < -0.3 is 5.32 Å². The average Bonchev–Trinajstić information content (AvgIpc) is 3.26. The molecule has 0 radical (unpaired) electrons. The summed E-state index contributed by atoms with van der Waals surface area (Å²) in [5, 5.41) is 16.6. The lowest BCUT2D eigenvalue weighted by Gasteiger charge is -2.30. The molecular weight excluding hydrogens is 310 g/mol. The zero-order valence-corrected chi connectivity index (χ0v) is 14.7. The van der Waals surface area contributed by atoms with Crippen LogP contribution in [0.2, 0.25) is 0 Å². The van der Waals surface area contributed by atoms with Crippen molar-refractivity contribution in [2.24, 2.45) is 0 Å². The molecule has 1 fully saturated rings. The molecule has 2 aromatic carbocycles. The predicted octanol–water partition coefficient (Wildman–Crippen LogP) is 4.16. The molecule has 4 rings (SSSR count). The number of hydrogen-bond donors (Lipinski definition) is 1. The quantitative estimate of drug-likeness (QED) is 0.779. The summed E-state index contributed by atoms with van der Waals surface area (Å²) in [5.41, 5.74) is 4.34. The first-order valence-electron chi connectivity index (χ1n) is 8.88. The lowest BCUT2D eigenvalue weighted by Crippen LogP contribution is -2.35. The van der Waals surface area contributed by atoms with E-state index in [0.29, 0.717) is 0 Å². The number of rotatable bonds is 4. The predicted molar refractivity (Wildman–Crippen MR) is 98.8 cm³/mol. The van der Waals surface area contributed by atoms with Gasteiger partial charge in [0.1, 0.15) is 0 Å². The van der Waals surface area contributed by atoms with Gasteiger partial charge in [-0.05, 0) is 60.4 Å². The molecule has 5 heteroatoms. The van der Waals surface area contributed by atoms with Crippen molar-refractivity contribution in [1.82, 2.24) is 20.2 Å². The van der Waals surface area contributed by atoms with Gasteiger partial charge in [-0.15, -0.1) is 5.10 Å². The van der Waals surface area contributed by atoms with Gasteiger partial charge in [-0.25, -0.2) is 0 Å². The Balaban J connectivity index is 1.82. The van der Waals surface area contributed by atoms with Crippen LogP contribution >= 0.6 is 0 Å². The third-order valence-electron chi connectivity index (χ3n) is 5.16. The average molecular weight is 333 g/mol. The lowest BCUT2D eigenvalue weighted by molar-refractivity contribution is 0.461. The van der Waals surface area contributed by atoms with Crippen molar-refractivity contribution >= 4 is 5.69 Å². The van der Waals surface area contributed by atoms with Gasteiger partial charge in [0.05, 0.1) is 11.2 Å². The molecule has 0 aliphatic heterocycles. The van der Waals surface area contributed by atoms with Crippen molar-refractivity contribution in [2.75, 3.05) is 5.32 Å². The van der Waals surface area contributed by atoms with Crippen molar-refractivity contribution < 1.29 is 0 Å². The summed E-state index contributed by atoms with van der Waals surface area (Å²) in [5.74, 6) is 0.909. The first-order valence-corrected chi connectivity index (χ1v) is 8.88. The van der Waals surface area contributed by atoms with Crippen LogP contribution in [0.15, 0.2) is 48.5 Å². The van der Waals surface area contributed by atoms with Crippen LogP contribution in [0, 0.1) is 13.8 Å². The second-order valence-corrected chi connectivity index (χ2v) is 6.93. The van der Waals surface area contributed by atoms with Gasteiger partial charge in [0, 0.05) is 5.69 Å². The van der Waals surface area contributed by atoms with E-state index < -0.39 is 0 Å². The second kappa shape index (κ2) is 6.31. The minimum Gasteiger partial charge on any atom is -0.373 e. The van der Waals surface area contributed by atoms with Gasteiger partial charge >= 0.3 is 0 Å². The minimum atomic E-state index is -0.223. The Bertz CT molecular complexity index is 843. The molecule has 0 amide bonds. The van der Waals surface area contributed by atoms with E-state index in [-0.39, 0.29) is 5.54 Å². The highest BCUT2D eigenvalue weighted by atomic mass is 15.6. The Labute approximate surface area is 148 Å². The standard InChI is InChI=1S/C20H23N5/c1-15-9-8-10-16(2)18(15)25-19(22-23-24-25)20(13-6-7-14-20)21-17-11-4-3-5-12-17/h3-5,8-12,21H,6-7,13-14H2,1-2H3. The van der Waals surface area contributed by atoms with E-state index >= 15 is 0 Å². The molecule has 1 saturated carbocycles. The van der Waals surface area contributed by atoms with E-state index in [1.165, 1.54) is 24.0 Å².